The summed E-state index contributed by atoms with van der Waals surface area (Å²) in [5.74, 6) is 0.657. The van der Waals surface area contributed by atoms with Gasteiger partial charge in [0.15, 0.2) is 6.29 Å². The normalized spacial score (nSPS) is 10.7. The molecule has 0 aliphatic heterocycles. The number of halogens is 1. The van der Waals surface area contributed by atoms with Crippen LogP contribution in [0.5, 0.6) is 5.75 Å². The van der Waals surface area contributed by atoms with Crippen molar-refractivity contribution in [3.05, 3.63) is 46.2 Å². The van der Waals surface area contributed by atoms with E-state index < -0.39 is 0 Å². The quantitative estimate of drug-likeness (QED) is 0.790. The Balaban J connectivity index is 2.03. The van der Waals surface area contributed by atoms with E-state index in [0.717, 1.165) is 16.5 Å². The van der Waals surface area contributed by atoms with Gasteiger partial charge in [0.1, 0.15) is 12.4 Å². The summed E-state index contributed by atoms with van der Waals surface area (Å²) in [5.41, 5.74) is 1.44. The van der Waals surface area contributed by atoms with Crippen LogP contribution in [0.1, 0.15) is 35.9 Å². The van der Waals surface area contributed by atoms with Gasteiger partial charge in [-0.25, -0.2) is 0 Å². The molecule has 0 aliphatic carbocycles. The van der Waals surface area contributed by atoms with E-state index >= 15 is 0 Å². The number of rotatable bonds is 5. The van der Waals surface area contributed by atoms with Crippen LogP contribution in [0.25, 0.3) is 0 Å². The highest BCUT2D eigenvalue weighted by Gasteiger charge is 2.05. The maximum atomic E-state index is 10.8. The summed E-state index contributed by atoms with van der Waals surface area (Å²) in [4.78, 5) is 10.8. The van der Waals surface area contributed by atoms with Crippen molar-refractivity contribution in [1.29, 1.82) is 0 Å². The number of carbonyl (C=O) groups excluding carboxylic acids is 1. The van der Waals surface area contributed by atoms with Crippen molar-refractivity contribution in [2.45, 2.75) is 26.5 Å². The molecule has 0 saturated carbocycles. The van der Waals surface area contributed by atoms with Gasteiger partial charge in [-0.05, 0) is 38.1 Å². The minimum atomic E-state index is 0.336. The van der Waals surface area contributed by atoms with Crippen LogP contribution in [0.15, 0.2) is 34.9 Å². The van der Waals surface area contributed by atoms with Gasteiger partial charge >= 0.3 is 0 Å². The van der Waals surface area contributed by atoms with Crippen LogP contribution in [0.3, 0.4) is 0 Å². The lowest BCUT2D eigenvalue weighted by Crippen LogP contribution is -2.03. The number of ether oxygens (including phenoxy) is 1. The molecule has 0 aliphatic rings. The second-order valence-electron chi connectivity index (χ2n) is 4.47. The molecule has 2 aromatic rings. The molecule has 2 rings (SSSR count). The molecule has 1 heterocycles. The second-order valence-corrected chi connectivity index (χ2v) is 5.33. The van der Waals surface area contributed by atoms with Gasteiger partial charge in [-0.1, -0.05) is 15.9 Å². The molecule has 0 fully saturated rings. The standard InChI is InChI=1S/C14H15BrN2O2/c1-10(2)17-6-5-12(16-17)9-19-13-3-4-14(15)11(7-13)8-18/h3-8,10H,9H2,1-2H3. The van der Waals surface area contributed by atoms with Gasteiger partial charge in [-0.15, -0.1) is 0 Å². The predicted octanol–water partition coefficient (Wildman–Crippen LogP) is 3.62. The van der Waals surface area contributed by atoms with E-state index in [1.807, 2.05) is 23.0 Å². The van der Waals surface area contributed by atoms with Gasteiger partial charge in [0.05, 0.1) is 5.69 Å². The van der Waals surface area contributed by atoms with Gasteiger partial charge in [0.25, 0.3) is 0 Å². The summed E-state index contributed by atoms with van der Waals surface area (Å²) in [6.07, 6.45) is 2.73. The van der Waals surface area contributed by atoms with E-state index in [1.165, 1.54) is 0 Å². The number of nitrogens with zero attached hydrogens (tertiary/aromatic N) is 2. The summed E-state index contributed by atoms with van der Waals surface area (Å²) >= 11 is 3.30. The Morgan fingerprint density at radius 1 is 1.42 bits per heavy atom. The molecular weight excluding hydrogens is 308 g/mol. The molecule has 0 bridgehead atoms. The molecule has 0 atom stereocenters. The lowest BCUT2D eigenvalue weighted by molar-refractivity contribution is 0.112. The SMILES string of the molecule is CC(C)n1ccc(COc2ccc(Br)c(C=O)c2)n1. The highest BCUT2D eigenvalue weighted by molar-refractivity contribution is 9.10. The van der Waals surface area contributed by atoms with Gasteiger partial charge in [-0.3, -0.25) is 9.48 Å². The van der Waals surface area contributed by atoms with E-state index in [-0.39, 0.29) is 0 Å². The maximum absolute atomic E-state index is 10.8. The molecule has 4 nitrogen and oxygen atoms in total. The average Bonchev–Trinajstić information content (AvgIpc) is 2.87. The van der Waals surface area contributed by atoms with Crippen molar-refractivity contribution in [2.75, 3.05) is 0 Å². The van der Waals surface area contributed by atoms with Crippen molar-refractivity contribution < 1.29 is 9.53 Å². The summed E-state index contributed by atoms with van der Waals surface area (Å²) in [6, 6.07) is 7.58. The molecule has 0 saturated heterocycles. The van der Waals surface area contributed by atoms with E-state index in [4.69, 9.17) is 4.74 Å². The van der Waals surface area contributed by atoms with E-state index in [0.29, 0.717) is 24.0 Å². The lowest BCUT2D eigenvalue weighted by Gasteiger charge is -2.06. The molecule has 0 spiro atoms. The number of benzene rings is 1. The summed E-state index contributed by atoms with van der Waals surface area (Å²) in [6.45, 7) is 4.53. The highest BCUT2D eigenvalue weighted by Crippen LogP contribution is 2.21. The monoisotopic (exact) mass is 322 g/mol. The van der Waals surface area contributed by atoms with Crippen LogP contribution in [0.4, 0.5) is 0 Å². The summed E-state index contributed by atoms with van der Waals surface area (Å²) < 4.78 is 8.28. The van der Waals surface area contributed by atoms with Crippen LogP contribution < -0.4 is 4.74 Å². The van der Waals surface area contributed by atoms with E-state index in [9.17, 15) is 4.79 Å². The third-order valence-electron chi connectivity index (χ3n) is 2.67. The number of aromatic nitrogens is 2. The lowest BCUT2D eigenvalue weighted by atomic mass is 10.2. The fourth-order valence-corrected chi connectivity index (χ4v) is 1.94. The van der Waals surface area contributed by atoms with Gasteiger partial charge < -0.3 is 4.74 Å². The van der Waals surface area contributed by atoms with Crippen molar-refractivity contribution in [3.8, 4) is 5.75 Å². The molecular formula is C14H15BrN2O2. The third kappa shape index (κ3) is 3.44. The van der Waals surface area contributed by atoms with Gasteiger partial charge in [-0.2, -0.15) is 5.10 Å². The Hall–Kier alpha value is -1.62. The number of hydrogen-bond acceptors (Lipinski definition) is 3. The fraction of sp³-hybridized carbons (Fsp3) is 0.286. The fourth-order valence-electron chi connectivity index (χ4n) is 1.60. The van der Waals surface area contributed by atoms with Crippen LogP contribution in [0.2, 0.25) is 0 Å². The molecule has 5 heteroatoms. The first-order chi connectivity index (χ1) is 9.10. The average molecular weight is 323 g/mol. The maximum Gasteiger partial charge on any atom is 0.151 e. The minimum Gasteiger partial charge on any atom is -0.487 e. The highest BCUT2D eigenvalue weighted by atomic mass is 79.9. The number of carbonyl (C=O) groups is 1. The first kappa shape index (κ1) is 13.8. The van der Waals surface area contributed by atoms with Crippen molar-refractivity contribution in [1.82, 2.24) is 9.78 Å². The Bertz CT molecular complexity index is 579. The molecule has 0 radical (unpaired) electrons. The van der Waals surface area contributed by atoms with Crippen LogP contribution >= 0.6 is 15.9 Å². The molecule has 19 heavy (non-hydrogen) atoms. The topological polar surface area (TPSA) is 44.1 Å². The van der Waals surface area contributed by atoms with E-state index in [1.54, 1.807) is 12.1 Å². The van der Waals surface area contributed by atoms with Gasteiger partial charge in [0, 0.05) is 22.3 Å². The first-order valence-corrected chi connectivity index (χ1v) is 6.81. The van der Waals surface area contributed by atoms with E-state index in [2.05, 4.69) is 34.9 Å². The Morgan fingerprint density at radius 3 is 2.84 bits per heavy atom. The predicted molar refractivity (Wildman–Crippen MR) is 76.5 cm³/mol. The zero-order valence-corrected chi connectivity index (χ0v) is 12.4. The molecule has 1 aromatic heterocycles. The largest absolute Gasteiger partial charge is 0.487 e. The number of hydrogen-bond donors (Lipinski definition) is 0. The second kappa shape index (κ2) is 6.02. The van der Waals surface area contributed by atoms with Crippen LogP contribution in [-0.4, -0.2) is 16.1 Å². The Kier molecular flexibility index (Phi) is 4.37. The molecule has 0 unspecified atom stereocenters. The van der Waals surface area contributed by atoms with Crippen molar-refractivity contribution >= 4 is 22.2 Å². The Labute approximate surface area is 120 Å². The molecule has 1 aromatic carbocycles. The van der Waals surface area contributed by atoms with Crippen LogP contribution in [-0.2, 0) is 6.61 Å². The molecule has 100 valence electrons. The smallest absolute Gasteiger partial charge is 0.151 e. The van der Waals surface area contributed by atoms with Gasteiger partial charge in [0.2, 0.25) is 0 Å². The molecule has 0 amide bonds. The minimum absolute atomic E-state index is 0.336. The number of aldehydes is 1. The molecule has 0 N–H and O–H groups in total. The zero-order valence-electron chi connectivity index (χ0n) is 10.8. The first-order valence-electron chi connectivity index (χ1n) is 6.01. The van der Waals surface area contributed by atoms with Crippen molar-refractivity contribution in [2.24, 2.45) is 0 Å². The zero-order chi connectivity index (χ0) is 13.8. The van der Waals surface area contributed by atoms with Crippen LogP contribution in [0, 0.1) is 0 Å². The Morgan fingerprint density at radius 2 is 2.21 bits per heavy atom. The third-order valence-corrected chi connectivity index (χ3v) is 3.40. The summed E-state index contributed by atoms with van der Waals surface area (Å²) in [7, 11) is 0. The van der Waals surface area contributed by atoms with Crippen molar-refractivity contribution in [3.63, 3.8) is 0 Å². The summed E-state index contributed by atoms with van der Waals surface area (Å²) in [5, 5.41) is 4.40.